The molecule has 0 aliphatic heterocycles. The van der Waals surface area contributed by atoms with Crippen LogP contribution in [0.1, 0.15) is 11.1 Å². The molecule has 0 radical (unpaired) electrons. The van der Waals surface area contributed by atoms with E-state index in [0.29, 0.717) is 11.4 Å². The number of sulfonamides is 1. The van der Waals surface area contributed by atoms with Gasteiger partial charge in [0.05, 0.1) is 5.69 Å². The van der Waals surface area contributed by atoms with Crippen LogP contribution in [0, 0.1) is 13.8 Å². The quantitative estimate of drug-likeness (QED) is 0.909. The van der Waals surface area contributed by atoms with Gasteiger partial charge in [0, 0.05) is 11.1 Å². The van der Waals surface area contributed by atoms with Crippen molar-refractivity contribution in [1.82, 2.24) is 0 Å². The molecule has 1 aromatic carbocycles. The van der Waals surface area contributed by atoms with Gasteiger partial charge in [-0.25, -0.2) is 8.42 Å². The molecule has 0 spiro atoms. The number of anilines is 2. The number of aryl methyl sites for hydroxylation is 2. The molecule has 0 atom stereocenters. The van der Waals surface area contributed by atoms with Crippen molar-refractivity contribution in [3.05, 3.63) is 40.8 Å². The third-order valence-corrected chi connectivity index (χ3v) is 5.32. The van der Waals surface area contributed by atoms with Crippen molar-refractivity contribution in [3.63, 3.8) is 0 Å². The van der Waals surface area contributed by atoms with Crippen LogP contribution in [0.2, 0.25) is 0 Å². The van der Waals surface area contributed by atoms with Gasteiger partial charge in [0.15, 0.2) is 0 Å². The molecule has 6 heteroatoms. The summed E-state index contributed by atoms with van der Waals surface area (Å²) < 4.78 is 27.1. The largest absolute Gasteiger partial charge is 0.398 e. The normalized spacial score (nSPS) is 11.4. The summed E-state index contributed by atoms with van der Waals surface area (Å²) in [5, 5.41) is 1.61. The Kier molecular flexibility index (Phi) is 3.32. The summed E-state index contributed by atoms with van der Waals surface area (Å²) in [5.74, 6) is 0. The number of benzene rings is 1. The molecular weight excluding hydrogens is 268 g/mol. The number of hydrogen-bond acceptors (Lipinski definition) is 4. The van der Waals surface area contributed by atoms with Gasteiger partial charge >= 0.3 is 0 Å². The maximum absolute atomic E-state index is 12.1. The molecule has 96 valence electrons. The summed E-state index contributed by atoms with van der Waals surface area (Å²) in [6.07, 6.45) is 0. The third-order valence-electron chi connectivity index (χ3n) is 2.50. The standard InChI is InChI=1S/C12H14N2O2S2/c1-8-3-4-9(2)11(5-8)14-18(15,16)12-6-10(13)7-17-12/h3-7,14H,13H2,1-2H3. The lowest BCUT2D eigenvalue weighted by Gasteiger charge is -2.09. The molecule has 0 aliphatic rings. The monoisotopic (exact) mass is 282 g/mol. The highest BCUT2D eigenvalue weighted by Crippen LogP contribution is 2.25. The van der Waals surface area contributed by atoms with E-state index in [9.17, 15) is 8.42 Å². The van der Waals surface area contributed by atoms with Gasteiger partial charge < -0.3 is 5.73 Å². The molecule has 3 N–H and O–H groups in total. The van der Waals surface area contributed by atoms with Crippen LogP contribution in [0.25, 0.3) is 0 Å². The first-order chi connectivity index (χ1) is 8.38. The van der Waals surface area contributed by atoms with E-state index in [0.717, 1.165) is 22.5 Å². The van der Waals surface area contributed by atoms with Gasteiger partial charge in [-0.15, -0.1) is 11.3 Å². The molecule has 1 heterocycles. The second-order valence-corrected chi connectivity index (χ2v) is 6.94. The van der Waals surface area contributed by atoms with E-state index >= 15 is 0 Å². The van der Waals surface area contributed by atoms with Gasteiger partial charge in [0.2, 0.25) is 0 Å². The first-order valence-electron chi connectivity index (χ1n) is 5.32. The molecule has 2 rings (SSSR count). The van der Waals surface area contributed by atoms with Crippen LogP contribution in [0.5, 0.6) is 0 Å². The Labute approximate surface area is 111 Å². The second kappa shape index (κ2) is 4.62. The van der Waals surface area contributed by atoms with Gasteiger partial charge in [-0.3, -0.25) is 4.72 Å². The lowest BCUT2D eigenvalue weighted by atomic mass is 10.1. The van der Waals surface area contributed by atoms with Gasteiger partial charge in [-0.05, 0) is 37.1 Å². The Morgan fingerprint density at radius 2 is 1.94 bits per heavy atom. The number of nitrogens with one attached hydrogen (secondary N) is 1. The maximum atomic E-state index is 12.1. The van der Waals surface area contributed by atoms with Gasteiger partial charge in [0.1, 0.15) is 4.21 Å². The SMILES string of the molecule is Cc1ccc(C)c(NS(=O)(=O)c2cc(N)cs2)c1. The summed E-state index contributed by atoms with van der Waals surface area (Å²) >= 11 is 1.11. The predicted molar refractivity (Wildman–Crippen MR) is 75.5 cm³/mol. The van der Waals surface area contributed by atoms with Crippen LogP contribution >= 0.6 is 11.3 Å². The van der Waals surface area contributed by atoms with Crippen molar-refractivity contribution in [1.29, 1.82) is 0 Å². The average molecular weight is 282 g/mol. The van der Waals surface area contributed by atoms with E-state index in [-0.39, 0.29) is 4.21 Å². The van der Waals surface area contributed by atoms with Crippen molar-refractivity contribution in [2.45, 2.75) is 18.1 Å². The second-order valence-electron chi connectivity index (χ2n) is 4.12. The fourth-order valence-electron chi connectivity index (χ4n) is 1.51. The molecule has 0 saturated carbocycles. The predicted octanol–water partition coefficient (Wildman–Crippen LogP) is 2.75. The van der Waals surface area contributed by atoms with E-state index in [1.807, 2.05) is 32.0 Å². The van der Waals surface area contributed by atoms with E-state index in [4.69, 9.17) is 5.73 Å². The highest BCUT2D eigenvalue weighted by Gasteiger charge is 2.17. The Morgan fingerprint density at radius 1 is 1.22 bits per heavy atom. The van der Waals surface area contributed by atoms with Crippen LogP contribution in [0.3, 0.4) is 0 Å². The lowest BCUT2D eigenvalue weighted by Crippen LogP contribution is -2.12. The van der Waals surface area contributed by atoms with Crippen LogP contribution in [0.15, 0.2) is 33.9 Å². The van der Waals surface area contributed by atoms with Crippen molar-refractivity contribution in [3.8, 4) is 0 Å². The number of thiophene rings is 1. The van der Waals surface area contributed by atoms with Crippen molar-refractivity contribution in [2.75, 3.05) is 10.5 Å². The van der Waals surface area contributed by atoms with Crippen LogP contribution in [0.4, 0.5) is 11.4 Å². The van der Waals surface area contributed by atoms with E-state index in [2.05, 4.69) is 4.72 Å². The zero-order chi connectivity index (χ0) is 13.3. The summed E-state index contributed by atoms with van der Waals surface area (Å²) in [6.45, 7) is 3.78. The highest BCUT2D eigenvalue weighted by atomic mass is 32.2. The molecule has 0 fully saturated rings. The molecule has 0 unspecified atom stereocenters. The van der Waals surface area contributed by atoms with Crippen LogP contribution in [-0.2, 0) is 10.0 Å². The Bertz CT molecular complexity index is 675. The Balaban J connectivity index is 2.36. The number of nitrogen functional groups attached to an aromatic ring is 1. The summed E-state index contributed by atoms with van der Waals surface area (Å²) in [7, 11) is -3.54. The average Bonchev–Trinajstić information content (AvgIpc) is 2.71. The number of nitrogens with two attached hydrogens (primary N) is 1. The summed E-state index contributed by atoms with van der Waals surface area (Å²) in [4.78, 5) is 0. The van der Waals surface area contributed by atoms with E-state index in [1.54, 1.807) is 5.38 Å². The zero-order valence-electron chi connectivity index (χ0n) is 10.1. The number of rotatable bonds is 3. The summed E-state index contributed by atoms with van der Waals surface area (Å²) in [5.41, 5.74) is 8.49. The lowest BCUT2D eigenvalue weighted by molar-refractivity contribution is 0.603. The smallest absolute Gasteiger partial charge is 0.271 e. The molecule has 0 bridgehead atoms. The zero-order valence-corrected chi connectivity index (χ0v) is 11.7. The molecule has 0 saturated heterocycles. The van der Waals surface area contributed by atoms with Crippen molar-refractivity contribution < 1.29 is 8.42 Å². The topological polar surface area (TPSA) is 72.2 Å². The molecule has 18 heavy (non-hydrogen) atoms. The fourth-order valence-corrected chi connectivity index (χ4v) is 3.71. The molecule has 0 amide bonds. The minimum Gasteiger partial charge on any atom is -0.398 e. The van der Waals surface area contributed by atoms with E-state index in [1.165, 1.54) is 6.07 Å². The highest BCUT2D eigenvalue weighted by molar-refractivity contribution is 7.94. The molecule has 4 nitrogen and oxygen atoms in total. The first kappa shape index (κ1) is 12.9. The number of hydrogen-bond donors (Lipinski definition) is 2. The molecule has 1 aromatic heterocycles. The first-order valence-corrected chi connectivity index (χ1v) is 7.69. The van der Waals surface area contributed by atoms with Crippen LogP contribution < -0.4 is 10.5 Å². The van der Waals surface area contributed by atoms with Crippen molar-refractivity contribution >= 4 is 32.7 Å². The Morgan fingerprint density at radius 3 is 2.56 bits per heavy atom. The maximum Gasteiger partial charge on any atom is 0.271 e. The molecule has 0 aliphatic carbocycles. The third kappa shape index (κ3) is 2.65. The minimum atomic E-state index is -3.54. The van der Waals surface area contributed by atoms with Crippen LogP contribution in [-0.4, -0.2) is 8.42 Å². The molecule has 2 aromatic rings. The van der Waals surface area contributed by atoms with Crippen molar-refractivity contribution in [2.24, 2.45) is 0 Å². The van der Waals surface area contributed by atoms with Gasteiger partial charge in [-0.2, -0.15) is 0 Å². The Hall–Kier alpha value is -1.53. The molecular formula is C12H14N2O2S2. The summed E-state index contributed by atoms with van der Waals surface area (Å²) in [6, 6.07) is 7.09. The fraction of sp³-hybridized carbons (Fsp3) is 0.167. The van der Waals surface area contributed by atoms with Gasteiger partial charge in [0.25, 0.3) is 10.0 Å². The van der Waals surface area contributed by atoms with E-state index < -0.39 is 10.0 Å². The van der Waals surface area contributed by atoms with Gasteiger partial charge in [-0.1, -0.05) is 12.1 Å². The minimum absolute atomic E-state index is 0.223.